The summed E-state index contributed by atoms with van der Waals surface area (Å²) in [7, 11) is 0. The van der Waals surface area contributed by atoms with Crippen molar-refractivity contribution in [3.8, 4) is 0 Å². The van der Waals surface area contributed by atoms with Gasteiger partial charge in [0.25, 0.3) is 0 Å². The van der Waals surface area contributed by atoms with Gasteiger partial charge in [0.05, 0.1) is 18.7 Å². The second kappa shape index (κ2) is 6.49. The van der Waals surface area contributed by atoms with E-state index in [9.17, 15) is 14.4 Å². The first-order valence-electron chi connectivity index (χ1n) is 6.17. The van der Waals surface area contributed by atoms with Crippen LogP contribution in [0.25, 0.3) is 0 Å². The summed E-state index contributed by atoms with van der Waals surface area (Å²) in [6.45, 7) is 2.33. The van der Waals surface area contributed by atoms with Gasteiger partial charge >= 0.3 is 5.97 Å². The second-order valence-corrected chi connectivity index (χ2v) is 5.03. The fraction of sp³-hybridized carbons (Fsp3) is 0.417. The number of anilines is 1. The number of carbonyl (C=O) groups is 3. The van der Waals surface area contributed by atoms with Crippen LogP contribution in [-0.4, -0.2) is 43.5 Å². The van der Waals surface area contributed by atoms with Crippen LogP contribution >= 0.6 is 11.3 Å². The summed E-state index contributed by atoms with van der Waals surface area (Å²) >= 11 is 1.25. The summed E-state index contributed by atoms with van der Waals surface area (Å²) in [5, 5.41) is 10.3. The highest BCUT2D eigenvalue weighted by Crippen LogP contribution is 2.24. The van der Waals surface area contributed by atoms with Crippen molar-refractivity contribution in [3.05, 3.63) is 17.0 Å². The number of thiophene rings is 1. The molecule has 8 heteroatoms. The number of esters is 1. The molecule has 3 N–H and O–H groups in total. The maximum Gasteiger partial charge on any atom is 0.341 e. The van der Waals surface area contributed by atoms with Gasteiger partial charge in [-0.1, -0.05) is 0 Å². The lowest BCUT2D eigenvalue weighted by atomic mass is 10.2. The minimum Gasteiger partial charge on any atom is -0.462 e. The number of rotatable bonds is 4. The first-order chi connectivity index (χ1) is 9.61. The molecule has 1 aromatic heterocycles. The summed E-state index contributed by atoms with van der Waals surface area (Å²) in [6, 6.07) is 1.10. The van der Waals surface area contributed by atoms with E-state index < -0.39 is 12.0 Å². The predicted octanol–water partition coefficient (Wildman–Crippen LogP) is -0.0487. The number of amides is 2. The second-order valence-electron chi connectivity index (χ2n) is 4.11. The van der Waals surface area contributed by atoms with Crippen molar-refractivity contribution < 1.29 is 19.1 Å². The summed E-state index contributed by atoms with van der Waals surface area (Å²) < 4.78 is 4.91. The summed E-state index contributed by atoms with van der Waals surface area (Å²) in [5.41, 5.74) is 0.338. The number of hydrogen-bond donors (Lipinski definition) is 3. The molecule has 0 aliphatic carbocycles. The lowest BCUT2D eigenvalue weighted by Gasteiger charge is -2.22. The average molecular weight is 297 g/mol. The van der Waals surface area contributed by atoms with E-state index in [2.05, 4.69) is 16.0 Å². The largest absolute Gasteiger partial charge is 0.462 e. The van der Waals surface area contributed by atoms with E-state index in [1.807, 2.05) is 0 Å². The Morgan fingerprint density at radius 1 is 1.55 bits per heavy atom. The zero-order valence-electron chi connectivity index (χ0n) is 10.9. The maximum absolute atomic E-state index is 12.0. The fourth-order valence-electron chi connectivity index (χ4n) is 1.73. The van der Waals surface area contributed by atoms with Gasteiger partial charge in [-0.3, -0.25) is 14.9 Å². The molecular formula is C12H15N3O4S. The number of ether oxygens (including phenoxy) is 1. The highest BCUT2D eigenvalue weighted by molar-refractivity contribution is 7.14. The zero-order valence-corrected chi connectivity index (χ0v) is 11.7. The molecule has 2 amide bonds. The molecule has 0 radical (unpaired) electrons. The van der Waals surface area contributed by atoms with Crippen molar-refractivity contribution in [2.75, 3.05) is 25.0 Å². The highest BCUT2D eigenvalue weighted by atomic mass is 32.1. The van der Waals surface area contributed by atoms with Crippen molar-refractivity contribution in [3.63, 3.8) is 0 Å². The Morgan fingerprint density at radius 2 is 2.35 bits per heavy atom. The monoisotopic (exact) mass is 297 g/mol. The molecule has 1 fully saturated rings. The standard InChI is InChI=1S/C12H15N3O4S/c1-2-19-12(18)7-3-4-20-11(7)15-10(17)8-5-14-9(16)6-13-8/h3-4,8,13H,2,5-6H2,1H3,(H,14,16)(H,15,17). The molecule has 0 spiro atoms. The Kier molecular flexibility index (Phi) is 4.70. The van der Waals surface area contributed by atoms with Gasteiger partial charge < -0.3 is 15.4 Å². The molecule has 20 heavy (non-hydrogen) atoms. The molecule has 1 aromatic rings. The van der Waals surface area contributed by atoms with Crippen LogP contribution in [0.1, 0.15) is 17.3 Å². The summed E-state index contributed by atoms with van der Waals surface area (Å²) in [6.07, 6.45) is 0. The molecule has 2 heterocycles. The molecule has 1 saturated heterocycles. The molecule has 2 rings (SSSR count). The minimum absolute atomic E-state index is 0.104. The SMILES string of the molecule is CCOC(=O)c1ccsc1NC(=O)C1CNC(=O)CN1. The van der Waals surface area contributed by atoms with Crippen LogP contribution in [-0.2, 0) is 14.3 Å². The Balaban J connectivity index is 1.99. The molecule has 1 atom stereocenters. The van der Waals surface area contributed by atoms with Crippen molar-refractivity contribution in [1.82, 2.24) is 10.6 Å². The molecule has 7 nitrogen and oxygen atoms in total. The van der Waals surface area contributed by atoms with Crippen LogP contribution < -0.4 is 16.0 Å². The molecule has 108 valence electrons. The van der Waals surface area contributed by atoms with E-state index in [1.54, 1.807) is 18.4 Å². The lowest BCUT2D eigenvalue weighted by molar-refractivity contribution is -0.124. The number of nitrogens with one attached hydrogen (secondary N) is 3. The molecule has 0 aromatic carbocycles. The van der Waals surface area contributed by atoms with E-state index in [0.717, 1.165) is 0 Å². The van der Waals surface area contributed by atoms with Crippen molar-refractivity contribution >= 4 is 34.1 Å². The van der Waals surface area contributed by atoms with Crippen LogP contribution in [0, 0.1) is 0 Å². The topological polar surface area (TPSA) is 96.5 Å². The quantitative estimate of drug-likeness (QED) is 0.677. The van der Waals surface area contributed by atoms with Gasteiger partial charge in [-0.05, 0) is 18.4 Å². The van der Waals surface area contributed by atoms with Crippen molar-refractivity contribution in [1.29, 1.82) is 0 Å². The van der Waals surface area contributed by atoms with Gasteiger partial charge in [0.15, 0.2) is 0 Å². The molecule has 1 aliphatic heterocycles. The molecule has 1 aliphatic rings. The Labute approximate surface area is 119 Å². The summed E-state index contributed by atoms with van der Waals surface area (Å²) in [5.74, 6) is -0.899. The Hall–Kier alpha value is -1.93. The first kappa shape index (κ1) is 14.5. The smallest absolute Gasteiger partial charge is 0.341 e. The van der Waals surface area contributed by atoms with Gasteiger partial charge in [0.2, 0.25) is 11.8 Å². The number of hydrogen-bond acceptors (Lipinski definition) is 6. The Morgan fingerprint density at radius 3 is 3.00 bits per heavy atom. The molecular weight excluding hydrogens is 282 g/mol. The third-order valence-corrected chi connectivity index (χ3v) is 3.56. The first-order valence-corrected chi connectivity index (χ1v) is 7.05. The minimum atomic E-state index is -0.509. The van der Waals surface area contributed by atoms with E-state index in [-0.39, 0.29) is 31.5 Å². The highest BCUT2D eigenvalue weighted by Gasteiger charge is 2.25. The van der Waals surface area contributed by atoms with E-state index in [4.69, 9.17) is 4.74 Å². The van der Waals surface area contributed by atoms with Crippen LogP contribution in [0.15, 0.2) is 11.4 Å². The van der Waals surface area contributed by atoms with Crippen LogP contribution in [0.4, 0.5) is 5.00 Å². The number of piperazine rings is 1. The van der Waals surface area contributed by atoms with Gasteiger partial charge in [0.1, 0.15) is 11.0 Å². The third-order valence-electron chi connectivity index (χ3n) is 2.73. The van der Waals surface area contributed by atoms with Crippen LogP contribution in [0.3, 0.4) is 0 Å². The molecule has 0 saturated carbocycles. The fourth-order valence-corrected chi connectivity index (χ4v) is 2.50. The van der Waals surface area contributed by atoms with Crippen LogP contribution in [0.2, 0.25) is 0 Å². The van der Waals surface area contributed by atoms with Crippen molar-refractivity contribution in [2.45, 2.75) is 13.0 Å². The van der Waals surface area contributed by atoms with Gasteiger partial charge in [-0.25, -0.2) is 4.79 Å². The van der Waals surface area contributed by atoms with E-state index in [1.165, 1.54) is 11.3 Å². The van der Waals surface area contributed by atoms with Gasteiger partial charge in [0, 0.05) is 6.54 Å². The number of carbonyl (C=O) groups excluding carboxylic acids is 3. The van der Waals surface area contributed by atoms with Crippen LogP contribution in [0.5, 0.6) is 0 Å². The molecule has 0 bridgehead atoms. The average Bonchev–Trinajstić information content (AvgIpc) is 2.88. The molecule has 1 unspecified atom stereocenters. The normalized spacial score (nSPS) is 18.2. The Bertz CT molecular complexity index is 519. The predicted molar refractivity (Wildman–Crippen MR) is 73.7 cm³/mol. The maximum atomic E-state index is 12.0. The van der Waals surface area contributed by atoms with E-state index in [0.29, 0.717) is 10.6 Å². The zero-order chi connectivity index (χ0) is 14.5. The third kappa shape index (κ3) is 3.34. The van der Waals surface area contributed by atoms with E-state index >= 15 is 0 Å². The van der Waals surface area contributed by atoms with Crippen molar-refractivity contribution in [2.24, 2.45) is 0 Å². The van der Waals surface area contributed by atoms with Gasteiger partial charge in [-0.2, -0.15) is 0 Å². The lowest BCUT2D eigenvalue weighted by Crippen LogP contribution is -2.56. The summed E-state index contributed by atoms with van der Waals surface area (Å²) in [4.78, 5) is 34.7. The van der Waals surface area contributed by atoms with Gasteiger partial charge in [-0.15, -0.1) is 11.3 Å².